The first kappa shape index (κ1) is 11.0. The summed E-state index contributed by atoms with van der Waals surface area (Å²) >= 11 is 0. The van der Waals surface area contributed by atoms with E-state index in [1.165, 1.54) is 18.2 Å². The average molecular weight is 211 g/mol. The van der Waals surface area contributed by atoms with Crippen molar-refractivity contribution in [3.63, 3.8) is 0 Å². The number of carbonyl (C=O) groups is 2. The molecule has 0 saturated heterocycles. The third-order valence-electron chi connectivity index (χ3n) is 1.54. The van der Waals surface area contributed by atoms with Gasteiger partial charge < -0.3 is 11.1 Å². The van der Waals surface area contributed by atoms with Gasteiger partial charge in [-0.1, -0.05) is 6.07 Å². The van der Waals surface area contributed by atoms with Crippen LogP contribution in [0.25, 0.3) is 0 Å². The predicted octanol–water partition coefficient (Wildman–Crippen LogP) is 0.432. The minimum absolute atomic E-state index is 0.146. The first-order valence-corrected chi connectivity index (χ1v) is 4.16. The van der Waals surface area contributed by atoms with Crippen molar-refractivity contribution in [2.24, 2.45) is 5.73 Å². The Hall–Kier alpha value is -2.11. The highest BCUT2D eigenvalue weighted by Crippen LogP contribution is 2.07. The largest absolute Gasteiger partial charge is 0.376 e. The summed E-state index contributed by atoms with van der Waals surface area (Å²) in [5.74, 6) is -0.984. The molecule has 1 rings (SSSR count). The van der Waals surface area contributed by atoms with E-state index in [2.05, 4.69) is 5.32 Å². The van der Waals surface area contributed by atoms with E-state index in [-0.39, 0.29) is 6.54 Å². The summed E-state index contributed by atoms with van der Waals surface area (Å²) in [5, 5.41) is 4.50. The summed E-state index contributed by atoms with van der Waals surface area (Å²) in [5.41, 5.74) is 5.18. The molecule has 1 aromatic carbocycles. The van der Waals surface area contributed by atoms with Gasteiger partial charge in [0.05, 0.1) is 6.54 Å². The molecule has 0 atom stereocenters. The van der Waals surface area contributed by atoms with E-state index in [4.69, 9.17) is 5.73 Å². The van der Waals surface area contributed by atoms with Crippen LogP contribution in [0.2, 0.25) is 0 Å². The molecule has 0 aromatic heterocycles. The van der Waals surface area contributed by atoms with Gasteiger partial charge in [0, 0.05) is 5.69 Å². The maximum atomic E-state index is 12.7. The van der Waals surface area contributed by atoms with Crippen LogP contribution in [0.4, 0.5) is 14.9 Å². The van der Waals surface area contributed by atoms with Gasteiger partial charge in [-0.05, 0) is 18.2 Å². The van der Waals surface area contributed by atoms with Gasteiger partial charge in [0.25, 0.3) is 0 Å². The summed E-state index contributed by atoms with van der Waals surface area (Å²) in [7, 11) is 0. The van der Waals surface area contributed by atoms with Crippen LogP contribution in [0.5, 0.6) is 0 Å². The van der Waals surface area contributed by atoms with Gasteiger partial charge in [0.1, 0.15) is 5.82 Å². The summed E-state index contributed by atoms with van der Waals surface area (Å²) < 4.78 is 12.7. The zero-order valence-corrected chi connectivity index (χ0v) is 7.79. The van der Waals surface area contributed by atoms with E-state index in [0.717, 1.165) is 0 Å². The number of hydrogen-bond acceptors (Lipinski definition) is 3. The van der Waals surface area contributed by atoms with Crippen molar-refractivity contribution in [2.75, 3.05) is 11.9 Å². The Balaban J connectivity index is 2.43. The van der Waals surface area contributed by atoms with Gasteiger partial charge in [0.15, 0.2) is 0 Å². The number of amides is 3. The van der Waals surface area contributed by atoms with E-state index in [1.807, 2.05) is 5.32 Å². The molecule has 3 amide bonds. The Labute approximate surface area is 85.5 Å². The number of nitrogens with one attached hydrogen (secondary N) is 2. The van der Waals surface area contributed by atoms with Crippen LogP contribution in [0.15, 0.2) is 24.3 Å². The van der Waals surface area contributed by atoms with Gasteiger partial charge in [-0.25, -0.2) is 9.18 Å². The predicted molar refractivity (Wildman–Crippen MR) is 52.6 cm³/mol. The number of anilines is 1. The lowest BCUT2D eigenvalue weighted by molar-refractivity contribution is -0.118. The lowest BCUT2D eigenvalue weighted by atomic mass is 10.3. The van der Waals surface area contributed by atoms with Crippen LogP contribution < -0.4 is 16.4 Å². The van der Waals surface area contributed by atoms with Crippen LogP contribution in [-0.4, -0.2) is 18.5 Å². The van der Waals surface area contributed by atoms with Crippen molar-refractivity contribution in [3.8, 4) is 0 Å². The number of rotatable bonds is 3. The fourth-order valence-corrected chi connectivity index (χ4v) is 0.962. The molecule has 80 valence electrons. The van der Waals surface area contributed by atoms with E-state index in [9.17, 15) is 14.0 Å². The molecule has 0 aliphatic heterocycles. The zero-order chi connectivity index (χ0) is 11.3. The highest BCUT2D eigenvalue weighted by molar-refractivity contribution is 5.95. The molecule has 0 spiro atoms. The minimum atomic E-state index is -0.916. The third kappa shape index (κ3) is 4.08. The summed E-state index contributed by atoms with van der Waals surface area (Å²) in [6.07, 6.45) is 0. The van der Waals surface area contributed by atoms with Crippen LogP contribution >= 0.6 is 0 Å². The fraction of sp³-hybridized carbons (Fsp3) is 0.111. The molecule has 0 saturated carbocycles. The molecule has 0 aliphatic rings. The van der Waals surface area contributed by atoms with Crippen molar-refractivity contribution in [3.05, 3.63) is 30.1 Å². The molecule has 0 aliphatic carbocycles. The normalized spacial score (nSPS) is 9.40. The summed E-state index contributed by atoms with van der Waals surface area (Å²) in [4.78, 5) is 21.2. The number of carbonyl (C=O) groups excluding carboxylic acids is 2. The molecular formula is C9H10FN3O2. The van der Waals surface area contributed by atoms with Crippen molar-refractivity contribution in [2.45, 2.75) is 0 Å². The topological polar surface area (TPSA) is 84.2 Å². The number of hydrogen-bond donors (Lipinski definition) is 3. The number of urea groups is 1. The van der Waals surface area contributed by atoms with E-state index >= 15 is 0 Å². The number of nitrogens with two attached hydrogens (primary N) is 1. The second-order valence-electron chi connectivity index (χ2n) is 2.78. The first-order chi connectivity index (χ1) is 7.08. The van der Waals surface area contributed by atoms with Crippen molar-refractivity contribution in [1.82, 2.24) is 5.32 Å². The quantitative estimate of drug-likeness (QED) is 0.678. The standard InChI is InChI=1S/C9H10FN3O2/c10-6-2-1-3-7(4-6)12-5-8(14)13-9(11)15/h1-4,12H,5H2,(H3,11,13,14,15). The van der Waals surface area contributed by atoms with Crippen molar-refractivity contribution in [1.29, 1.82) is 0 Å². The second-order valence-corrected chi connectivity index (χ2v) is 2.78. The molecule has 1 aromatic rings. The monoisotopic (exact) mass is 211 g/mol. The molecular weight excluding hydrogens is 201 g/mol. The lowest BCUT2D eigenvalue weighted by Crippen LogP contribution is -2.38. The minimum Gasteiger partial charge on any atom is -0.376 e. The number of primary amides is 1. The lowest BCUT2D eigenvalue weighted by Gasteiger charge is -2.05. The Morgan fingerprint density at radius 3 is 2.73 bits per heavy atom. The highest BCUT2D eigenvalue weighted by Gasteiger charge is 2.03. The summed E-state index contributed by atoms with van der Waals surface area (Å²) in [6.45, 7) is -0.146. The molecule has 0 radical (unpaired) electrons. The zero-order valence-electron chi connectivity index (χ0n) is 7.79. The molecule has 0 heterocycles. The number of imide groups is 1. The second kappa shape index (κ2) is 4.94. The van der Waals surface area contributed by atoms with E-state index in [1.54, 1.807) is 6.07 Å². The van der Waals surface area contributed by atoms with Crippen LogP contribution in [0, 0.1) is 5.82 Å². The van der Waals surface area contributed by atoms with E-state index < -0.39 is 17.8 Å². The maximum absolute atomic E-state index is 12.7. The molecule has 6 heteroatoms. The molecule has 0 bridgehead atoms. The Bertz CT molecular complexity index is 381. The number of halogens is 1. The summed E-state index contributed by atoms with van der Waals surface area (Å²) in [6, 6.07) is 4.71. The first-order valence-electron chi connectivity index (χ1n) is 4.16. The molecule has 5 nitrogen and oxygen atoms in total. The van der Waals surface area contributed by atoms with Crippen LogP contribution in [0.3, 0.4) is 0 Å². The third-order valence-corrected chi connectivity index (χ3v) is 1.54. The van der Waals surface area contributed by atoms with Crippen molar-refractivity contribution >= 4 is 17.6 Å². The van der Waals surface area contributed by atoms with Gasteiger partial charge in [-0.2, -0.15) is 0 Å². The average Bonchev–Trinajstić information content (AvgIpc) is 2.14. The van der Waals surface area contributed by atoms with E-state index in [0.29, 0.717) is 5.69 Å². The molecule has 15 heavy (non-hydrogen) atoms. The van der Waals surface area contributed by atoms with Gasteiger partial charge in [0.2, 0.25) is 5.91 Å². The van der Waals surface area contributed by atoms with Gasteiger partial charge >= 0.3 is 6.03 Å². The van der Waals surface area contributed by atoms with Gasteiger partial charge in [-0.3, -0.25) is 10.1 Å². The molecule has 0 unspecified atom stereocenters. The fourth-order valence-electron chi connectivity index (χ4n) is 0.962. The maximum Gasteiger partial charge on any atom is 0.318 e. The SMILES string of the molecule is NC(=O)NC(=O)CNc1cccc(F)c1. The van der Waals surface area contributed by atoms with Crippen molar-refractivity contribution < 1.29 is 14.0 Å². The Morgan fingerprint density at radius 2 is 2.13 bits per heavy atom. The number of benzene rings is 1. The Kier molecular flexibility index (Phi) is 3.61. The highest BCUT2D eigenvalue weighted by atomic mass is 19.1. The van der Waals surface area contributed by atoms with Gasteiger partial charge in [-0.15, -0.1) is 0 Å². The Morgan fingerprint density at radius 1 is 1.40 bits per heavy atom. The smallest absolute Gasteiger partial charge is 0.318 e. The van der Waals surface area contributed by atoms with Crippen LogP contribution in [0.1, 0.15) is 0 Å². The molecule has 0 fully saturated rings. The molecule has 4 N–H and O–H groups in total. The van der Waals surface area contributed by atoms with Crippen LogP contribution in [-0.2, 0) is 4.79 Å².